The molecule has 1 N–H and O–H groups in total. The quantitative estimate of drug-likeness (QED) is 0.658. The highest BCUT2D eigenvalue weighted by molar-refractivity contribution is 5.95. The van der Waals surface area contributed by atoms with Crippen LogP contribution in [0.3, 0.4) is 0 Å². The highest BCUT2D eigenvalue weighted by atomic mass is 16.5. The molecule has 1 aromatic carbocycles. The van der Waals surface area contributed by atoms with Gasteiger partial charge >= 0.3 is 0 Å². The first-order valence-electron chi connectivity index (χ1n) is 13.3. The maximum Gasteiger partial charge on any atom is 0.290 e. The summed E-state index contributed by atoms with van der Waals surface area (Å²) in [5.74, 6) is 2.18. The van der Waals surface area contributed by atoms with E-state index in [4.69, 9.17) is 9.72 Å². The van der Waals surface area contributed by atoms with Gasteiger partial charge in [0.15, 0.2) is 5.82 Å². The number of fused-ring (bicyclic) bond motifs is 1. The molecule has 1 aromatic heterocycles. The van der Waals surface area contributed by atoms with E-state index in [1.54, 1.807) is 0 Å². The van der Waals surface area contributed by atoms with E-state index in [0.29, 0.717) is 75.9 Å². The van der Waals surface area contributed by atoms with Crippen molar-refractivity contribution in [1.82, 2.24) is 24.7 Å². The molecule has 2 aromatic rings. The topological polar surface area (TPSA) is 79.7 Å². The lowest BCUT2D eigenvalue weighted by atomic mass is 9.92. The Morgan fingerprint density at radius 1 is 1.17 bits per heavy atom. The first-order chi connectivity index (χ1) is 16.9. The van der Waals surface area contributed by atoms with E-state index >= 15 is 0 Å². The fourth-order valence-corrected chi connectivity index (χ4v) is 5.62. The van der Waals surface area contributed by atoms with Crippen molar-refractivity contribution < 1.29 is 14.3 Å². The zero-order valence-electron chi connectivity index (χ0n) is 21.3. The summed E-state index contributed by atoms with van der Waals surface area (Å²) >= 11 is 0. The number of carbonyl (C=O) groups is 2. The second-order valence-corrected chi connectivity index (χ2v) is 11.0. The Morgan fingerprint density at radius 2 is 1.91 bits per heavy atom. The van der Waals surface area contributed by atoms with Gasteiger partial charge in [-0.15, -0.1) is 0 Å². The van der Waals surface area contributed by atoms with E-state index in [0.717, 1.165) is 17.6 Å². The van der Waals surface area contributed by atoms with Crippen molar-refractivity contribution in [2.24, 2.45) is 23.7 Å². The van der Waals surface area contributed by atoms with Crippen molar-refractivity contribution in [3.05, 3.63) is 30.1 Å². The smallest absolute Gasteiger partial charge is 0.290 e. The maximum absolute atomic E-state index is 14.1. The number of ether oxygens (including phenoxy) is 1. The minimum absolute atomic E-state index is 0.0190. The number of nitrogens with one attached hydrogen (secondary N) is 1. The molecule has 0 radical (unpaired) electrons. The minimum Gasteiger partial charge on any atom is -0.378 e. The molecule has 35 heavy (non-hydrogen) atoms. The fraction of sp³-hybridized carbons (Fsp3) is 0.667. The number of nitrogens with zero attached hydrogens (tertiary/aromatic N) is 4. The number of piperidine rings is 1. The standard InChI is InChI=1S/C27H39N5O3/c1-18(2)16-31(22-13-20(14-28-15-22)26(33)30-8-10-35-11-9-30)27(34)25-29-23-6-4-5-7-24(23)32(25)17-21-12-19(21)3/h4-7,18-22,28H,8-17H2,1-3H3/t19?,20-,21?,22+/m1/s1. The second kappa shape index (κ2) is 10.3. The Morgan fingerprint density at radius 3 is 2.63 bits per heavy atom. The minimum atomic E-state index is -0.125. The van der Waals surface area contributed by atoms with E-state index in [1.807, 2.05) is 28.0 Å². The third-order valence-electron chi connectivity index (χ3n) is 7.80. The van der Waals surface area contributed by atoms with Gasteiger partial charge in [-0.05, 0) is 42.7 Å². The van der Waals surface area contributed by atoms with Gasteiger partial charge < -0.3 is 24.4 Å². The molecule has 8 heteroatoms. The van der Waals surface area contributed by atoms with Crippen molar-refractivity contribution in [3.8, 4) is 0 Å². The molecule has 1 aliphatic carbocycles. The van der Waals surface area contributed by atoms with Gasteiger partial charge in [0.2, 0.25) is 5.91 Å². The van der Waals surface area contributed by atoms with Crippen molar-refractivity contribution in [2.75, 3.05) is 45.9 Å². The molecule has 2 aliphatic heterocycles. The first-order valence-corrected chi connectivity index (χ1v) is 13.3. The van der Waals surface area contributed by atoms with Crippen molar-refractivity contribution in [1.29, 1.82) is 0 Å². The van der Waals surface area contributed by atoms with Crippen LogP contribution in [0.5, 0.6) is 0 Å². The van der Waals surface area contributed by atoms with Gasteiger partial charge in [0, 0.05) is 45.3 Å². The Labute approximate surface area is 208 Å². The monoisotopic (exact) mass is 481 g/mol. The van der Waals surface area contributed by atoms with E-state index in [1.165, 1.54) is 6.42 Å². The number of imidazole rings is 1. The molecule has 0 spiro atoms. The Bertz CT molecular complexity index is 1060. The molecule has 1 saturated carbocycles. The lowest BCUT2D eigenvalue weighted by molar-refractivity contribution is -0.140. The Hall–Kier alpha value is -2.45. The molecule has 5 rings (SSSR count). The zero-order chi connectivity index (χ0) is 24.5. The number of benzene rings is 1. The highest BCUT2D eigenvalue weighted by Gasteiger charge is 2.38. The molecule has 2 saturated heterocycles. The van der Waals surface area contributed by atoms with E-state index in [2.05, 4.69) is 36.7 Å². The highest BCUT2D eigenvalue weighted by Crippen LogP contribution is 2.40. The number of carbonyl (C=O) groups excluding carboxylic acids is 2. The van der Waals surface area contributed by atoms with Crippen molar-refractivity contribution >= 4 is 22.8 Å². The molecule has 0 bridgehead atoms. The van der Waals surface area contributed by atoms with Crippen molar-refractivity contribution in [2.45, 2.75) is 46.2 Å². The average molecular weight is 482 g/mol. The molecule has 190 valence electrons. The summed E-state index contributed by atoms with van der Waals surface area (Å²) in [6, 6.07) is 8.01. The summed E-state index contributed by atoms with van der Waals surface area (Å²) in [5.41, 5.74) is 1.90. The predicted octanol–water partition coefficient (Wildman–Crippen LogP) is 2.63. The molecule has 3 heterocycles. The van der Waals surface area contributed by atoms with Gasteiger partial charge in [-0.2, -0.15) is 0 Å². The number of rotatable bonds is 7. The van der Waals surface area contributed by atoms with Crippen LogP contribution in [-0.4, -0.2) is 83.1 Å². The number of hydrogen-bond acceptors (Lipinski definition) is 5. The number of morpholine rings is 1. The van der Waals surface area contributed by atoms with E-state index < -0.39 is 0 Å². The van der Waals surface area contributed by atoms with Gasteiger partial charge in [-0.25, -0.2) is 4.98 Å². The SMILES string of the molecule is CC(C)CN(C(=O)c1nc2ccccc2n1CC1CC1C)[C@@H]1CNC[C@H](C(=O)N2CCOCC2)C1. The number of aromatic nitrogens is 2. The van der Waals surface area contributed by atoms with Crippen LogP contribution in [0.15, 0.2) is 24.3 Å². The Kier molecular flexibility index (Phi) is 7.12. The van der Waals surface area contributed by atoms with E-state index in [9.17, 15) is 9.59 Å². The van der Waals surface area contributed by atoms with Crippen molar-refractivity contribution in [3.63, 3.8) is 0 Å². The van der Waals surface area contributed by atoms with Gasteiger partial charge in [0.25, 0.3) is 5.91 Å². The molecule has 3 aliphatic rings. The summed E-state index contributed by atoms with van der Waals surface area (Å²) in [4.78, 5) is 36.1. The van der Waals surface area contributed by atoms with Gasteiger partial charge in [0.05, 0.1) is 30.2 Å². The largest absolute Gasteiger partial charge is 0.378 e. The summed E-state index contributed by atoms with van der Waals surface area (Å²) < 4.78 is 7.57. The Balaban J connectivity index is 1.40. The molecule has 3 fully saturated rings. The second-order valence-electron chi connectivity index (χ2n) is 11.0. The van der Waals surface area contributed by atoms with Crippen LogP contribution in [0.4, 0.5) is 0 Å². The van der Waals surface area contributed by atoms with Gasteiger partial charge in [0.1, 0.15) is 0 Å². The average Bonchev–Trinajstić information content (AvgIpc) is 3.45. The maximum atomic E-state index is 14.1. The molecule has 4 atom stereocenters. The first kappa shape index (κ1) is 24.3. The predicted molar refractivity (Wildman–Crippen MR) is 135 cm³/mol. The molecule has 8 nitrogen and oxygen atoms in total. The van der Waals surface area contributed by atoms with Crippen LogP contribution in [0.25, 0.3) is 11.0 Å². The van der Waals surface area contributed by atoms with Crippen LogP contribution in [-0.2, 0) is 16.1 Å². The molecular formula is C27H39N5O3. The summed E-state index contributed by atoms with van der Waals surface area (Å²) in [7, 11) is 0. The summed E-state index contributed by atoms with van der Waals surface area (Å²) in [5, 5.41) is 3.45. The number of hydrogen-bond donors (Lipinski definition) is 1. The lowest BCUT2D eigenvalue weighted by Gasteiger charge is -2.40. The lowest BCUT2D eigenvalue weighted by Crippen LogP contribution is -2.56. The zero-order valence-corrected chi connectivity index (χ0v) is 21.3. The fourth-order valence-electron chi connectivity index (χ4n) is 5.62. The summed E-state index contributed by atoms with van der Waals surface area (Å²) in [6.07, 6.45) is 1.88. The third-order valence-corrected chi connectivity index (χ3v) is 7.80. The van der Waals surface area contributed by atoms with Crippen LogP contribution in [0, 0.1) is 23.7 Å². The normalized spacial score (nSPS) is 26.8. The molecule has 2 unspecified atom stereocenters. The number of amides is 2. The van der Waals surface area contributed by atoms with Crippen LogP contribution in [0.2, 0.25) is 0 Å². The molecular weight excluding hydrogens is 442 g/mol. The van der Waals surface area contributed by atoms with Gasteiger partial charge in [-0.3, -0.25) is 9.59 Å². The van der Waals surface area contributed by atoms with Crippen LogP contribution in [0.1, 0.15) is 44.2 Å². The number of para-hydroxylation sites is 2. The summed E-state index contributed by atoms with van der Waals surface area (Å²) in [6.45, 7) is 11.9. The van der Waals surface area contributed by atoms with E-state index in [-0.39, 0.29) is 23.8 Å². The molecule has 2 amide bonds. The van der Waals surface area contributed by atoms with Crippen LogP contribution < -0.4 is 5.32 Å². The van der Waals surface area contributed by atoms with Crippen LogP contribution >= 0.6 is 0 Å². The van der Waals surface area contributed by atoms with Gasteiger partial charge in [-0.1, -0.05) is 32.9 Å². The third kappa shape index (κ3) is 5.23.